The lowest BCUT2D eigenvalue weighted by Gasteiger charge is -2.43. The van der Waals surface area contributed by atoms with Gasteiger partial charge in [0.2, 0.25) is 11.8 Å². The highest BCUT2D eigenvalue weighted by molar-refractivity contribution is 5.95. The van der Waals surface area contributed by atoms with E-state index in [0.29, 0.717) is 5.92 Å². The molecule has 2 rings (SSSR count). The minimum Gasteiger partial charge on any atom is -0.342 e. The summed E-state index contributed by atoms with van der Waals surface area (Å²) in [6.07, 6.45) is 4.09. The highest BCUT2D eigenvalue weighted by Crippen LogP contribution is 2.36. The summed E-state index contributed by atoms with van der Waals surface area (Å²) in [6.45, 7) is 6.43. The van der Waals surface area contributed by atoms with Crippen molar-refractivity contribution in [1.29, 1.82) is 0 Å². The molecule has 0 aromatic heterocycles. The van der Waals surface area contributed by atoms with E-state index >= 15 is 0 Å². The molecule has 4 heteroatoms. The molecule has 2 amide bonds. The van der Waals surface area contributed by atoms with E-state index in [-0.39, 0.29) is 29.9 Å². The van der Waals surface area contributed by atoms with Crippen molar-refractivity contribution in [2.24, 2.45) is 5.92 Å². The fourth-order valence-electron chi connectivity index (χ4n) is 2.68. The predicted octanol–water partition coefficient (Wildman–Crippen LogP) is 1.30. The zero-order valence-corrected chi connectivity index (χ0v) is 11.0. The highest BCUT2D eigenvalue weighted by atomic mass is 16.2. The number of carbonyl (C=O) groups is 2. The smallest absolute Gasteiger partial charge is 0.246 e. The molecule has 0 spiro atoms. The molecule has 96 valence electrons. The van der Waals surface area contributed by atoms with Gasteiger partial charge in [-0.1, -0.05) is 13.3 Å². The Balaban J connectivity index is 2.14. The molecule has 1 saturated carbocycles. The molecular weight excluding hydrogens is 216 g/mol. The van der Waals surface area contributed by atoms with Gasteiger partial charge in [-0.2, -0.15) is 0 Å². The number of piperazine rings is 1. The van der Waals surface area contributed by atoms with E-state index < -0.39 is 0 Å². The average molecular weight is 238 g/mol. The van der Waals surface area contributed by atoms with Crippen molar-refractivity contribution in [3.05, 3.63) is 0 Å². The summed E-state index contributed by atoms with van der Waals surface area (Å²) in [5, 5.41) is 2.84. The van der Waals surface area contributed by atoms with Crippen molar-refractivity contribution in [3.63, 3.8) is 0 Å². The molecule has 1 aliphatic heterocycles. The van der Waals surface area contributed by atoms with E-state index in [1.807, 2.05) is 0 Å². The second-order valence-electron chi connectivity index (χ2n) is 5.87. The predicted molar refractivity (Wildman–Crippen MR) is 65.4 cm³/mol. The van der Waals surface area contributed by atoms with Crippen molar-refractivity contribution in [2.45, 2.75) is 58.0 Å². The Morgan fingerprint density at radius 1 is 1.35 bits per heavy atom. The van der Waals surface area contributed by atoms with Crippen LogP contribution in [0, 0.1) is 5.92 Å². The van der Waals surface area contributed by atoms with Crippen LogP contribution in [-0.2, 0) is 9.59 Å². The maximum absolute atomic E-state index is 12.4. The molecule has 1 heterocycles. The molecule has 1 unspecified atom stereocenters. The minimum absolute atomic E-state index is 0.00863. The van der Waals surface area contributed by atoms with Crippen LogP contribution in [0.2, 0.25) is 0 Å². The first-order valence-electron chi connectivity index (χ1n) is 6.56. The summed E-state index contributed by atoms with van der Waals surface area (Å²) in [4.78, 5) is 25.9. The fraction of sp³-hybridized carbons (Fsp3) is 0.846. The van der Waals surface area contributed by atoms with Gasteiger partial charge < -0.3 is 10.2 Å². The third kappa shape index (κ3) is 2.45. The normalized spacial score (nSPS) is 26.1. The monoisotopic (exact) mass is 238 g/mol. The van der Waals surface area contributed by atoms with Gasteiger partial charge in [-0.3, -0.25) is 9.59 Å². The number of rotatable bonds is 4. The van der Waals surface area contributed by atoms with E-state index in [2.05, 4.69) is 26.1 Å². The highest BCUT2D eigenvalue weighted by Gasteiger charge is 2.46. The third-order valence-corrected chi connectivity index (χ3v) is 3.84. The van der Waals surface area contributed by atoms with E-state index in [9.17, 15) is 9.59 Å². The first kappa shape index (κ1) is 12.4. The van der Waals surface area contributed by atoms with Crippen LogP contribution in [0.1, 0.15) is 46.5 Å². The van der Waals surface area contributed by atoms with Crippen molar-refractivity contribution in [2.75, 3.05) is 6.54 Å². The first-order valence-corrected chi connectivity index (χ1v) is 6.56. The lowest BCUT2D eigenvalue weighted by atomic mass is 9.93. The van der Waals surface area contributed by atoms with Crippen LogP contribution in [0.15, 0.2) is 0 Å². The van der Waals surface area contributed by atoms with Crippen LogP contribution in [0.4, 0.5) is 0 Å². The molecule has 0 bridgehead atoms. The Kier molecular flexibility index (Phi) is 3.15. The summed E-state index contributed by atoms with van der Waals surface area (Å²) in [5.74, 6) is 0.489. The number of nitrogens with zero attached hydrogens (tertiary/aromatic N) is 1. The molecule has 2 fully saturated rings. The largest absolute Gasteiger partial charge is 0.342 e. The Bertz CT molecular complexity index is 334. The zero-order valence-electron chi connectivity index (χ0n) is 11.0. The van der Waals surface area contributed by atoms with Gasteiger partial charge in [0.1, 0.15) is 12.6 Å². The third-order valence-electron chi connectivity index (χ3n) is 3.84. The van der Waals surface area contributed by atoms with Gasteiger partial charge in [0.25, 0.3) is 0 Å². The summed E-state index contributed by atoms with van der Waals surface area (Å²) in [5.41, 5.74) is -0.212. The van der Waals surface area contributed by atoms with Gasteiger partial charge in [-0.15, -0.1) is 0 Å². The van der Waals surface area contributed by atoms with Gasteiger partial charge >= 0.3 is 0 Å². The number of amides is 2. The van der Waals surface area contributed by atoms with Crippen LogP contribution in [-0.4, -0.2) is 34.8 Å². The maximum Gasteiger partial charge on any atom is 0.246 e. The zero-order chi connectivity index (χ0) is 12.6. The topological polar surface area (TPSA) is 49.4 Å². The fourth-order valence-corrected chi connectivity index (χ4v) is 2.68. The minimum atomic E-state index is -0.257. The molecule has 1 N–H and O–H groups in total. The van der Waals surface area contributed by atoms with E-state index in [0.717, 1.165) is 25.7 Å². The molecular formula is C13H22N2O2. The lowest BCUT2D eigenvalue weighted by molar-refractivity contribution is -0.150. The van der Waals surface area contributed by atoms with Gasteiger partial charge in [-0.25, -0.2) is 0 Å². The summed E-state index contributed by atoms with van der Waals surface area (Å²) < 4.78 is 0. The SMILES string of the molecule is CCCC(C)(C)N1CC(=O)NC(C2CC2)C1=O. The van der Waals surface area contributed by atoms with Crippen molar-refractivity contribution < 1.29 is 9.59 Å². The Hall–Kier alpha value is -1.06. The van der Waals surface area contributed by atoms with Gasteiger partial charge in [0.05, 0.1) is 0 Å². The number of hydrogen-bond acceptors (Lipinski definition) is 2. The van der Waals surface area contributed by atoms with Crippen LogP contribution >= 0.6 is 0 Å². The van der Waals surface area contributed by atoms with Crippen LogP contribution in [0.25, 0.3) is 0 Å². The van der Waals surface area contributed by atoms with Crippen molar-refractivity contribution in [3.8, 4) is 0 Å². The van der Waals surface area contributed by atoms with E-state index in [1.54, 1.807) is 4.90 Å². The number of carbonyl (C=O) groups excluding carboxylic acids is 2. The van der Waals surface area contributed by atoms with Gasteiger partial charge in [0.15, 0.2) is 0 Å². The van der Waals surface area contributed by atoms with Crippen LogP contribution in [0.5, 0.6) is 0 Å². The van der Waals surface area contributed by atoms with Gasteiger partial charge in [-0.05, 0) is 39.0 Å². The second kappa shape index (κ2) is 4.31. The standard InChI is InChI=1S/C13H22N2O2/c1-4-7-13(2,3)15-8-10(16)14-11(12(15)17)9-5-6-9/h9,11H,4-8H2,1-3H3,(H,14,16). The maximum atomic E-state index is 12.4. The number of nitrogens with one attached hydrogen (secondary N) is 1. The van der Waals surface area contributed by atoms with E-state index in [4.69, 9.17) is 0 Å². The van der Waals surface area contributed by atoms with Crippen LogP contribution < -0.4 is 5.32 Å². The molecule has 4 nitrogen and oxygen atoms in total. The molecule has 0 radical (unpaired) electrons. The molecule has 1 atom stereocenters. The Morgan fingerprint density at radius 3 is 2.53 bits per heavy atom. The summed E-state index contributed by atoms with van der Waals surface area (Å²) in [6, 6.07) is -0.257. The van der Waals surface area contributed by atoms with Gasteiger partial charge in [0, 0.05) is 5.54 Å². The van der Waals surface area contributed by atoms with Crippen LogP contribution in [0.3, 0.4) is 0 Å². The average Bonchev–Trinajstić information content (AvgIpc) is 3.04. The molecule has 0 aromatic rings. The summed E-state index contributed by atoms with van der Waals surface area (Å²) >= 11 is 0. The Morgan fingerprint density at radius 2 is 2.00 bits per heavy atom. The quantitative estimate of drug-likeness (QED) is 0.802. The van der Waals surface area contributed by atoms with Crippen molar-refractivity contribution in [1.82, 2.24) is 10.2 Å². The van der Waals surface area contributed by atoms with E-state index in [1.165, 1.54) is 0 Å². The Labute approximate surface area is 103 Å². The first-order chi connectivity index (χ1) is 7.95. The molecule has 2 aliphatic rings. The number of hydrogen-bond donors (Lipinski definition) is 1. The summed E-state index contributed by atoms with van der Waals surface area (Å²) in [7, 11) is 0. The van der Waals surface area contributed by atoms with Crippen molar-refractivity contribution >= 4 is 11.8 Å². The molecule has 1 saturated heterocycles. The lowest BCUT2D eigenvalue weighted by Crippen LogP contribution is -2.64. The molecule has 0 aromatic carbocycles. The molecule has 17 heavy (non-hydrogen) atoms. The second-order valence-corrected chi connectivity index (χ2v) is 5.87. The molecule has 1 aliphatic carbocycles.